The van der Waals surface area contributed by atoms with Gasteiger partial charge in [0.1, 0.15) is 5.82 Å². The highest BCUT2D eigenvalue weighted by atomic mass is 79.9. The summed E-state index contributed by atoms with van der Waals surface area (Å²) in [7, 11) is 1.99. The fraction of sp³-hybridized carbons (Fsp3) is 0.667. The molecule has 1 aromatic rings. The lowest BCUT2D eigenvalue weighted by molar-refractivity contribution is 0.0845. The van der Waals surface area contributed by atoms with Crippen molar-refractivity contribution in [3.8, 4) is 0 Å². The molecule has 1 rings (SSSR count). The van der Waals surface area contributed by atoms with Crippen LogP contribution >= 0.6 is 15.9 Å². The highest BCUT2D eigenvalue weighted by molar-refractivity contribution is 9.10. The predicted octanol–water partition coefficient (Wildman–Crippen LogP) is 2.53. The number of nitrogens with zero attached hydrogens (tertiary/aromatic N) is 3. The highest BCUT2D eigenvalue weighted by Gasteiger charge is 2.09. The lowest BCUT2D eigenvalue weighted by atomic mass is 10.4. The first-order chi connectivity index (χ1) is 8.54. The van der Waals surface area contributed by atoms with E-state index in [1.165, 1.54) is 0 Å². The van der Waals surface area contributed by atoms with Gasteiger partial charge < -0.3 is 15.0 Å². The Morgan fingerprint density at radius 2 is 2.22 bits per heavy atom. The number of halogens is 1. The molecule has 0 spiro atoms. The Morgan fingerprint density at radius 3 is 2.83 bits per heavy atom. The van der Waals surface area contributed by atoms with Crippen LogP contribution in [0.25, 0.3) is 0 Å². The van der Waals surface area contributed by atoms with E-state index in [4.69, 9.17) is 4.74 Å². The molecule has 0 fully saturated rings. The molecule has 0 saturated carbocycles. The van der Waals surface area contributed by atoms with Gasteiger partial charge >= 0.3 is 0 Å². The number of likely N-dealkylation sites (N-methyl/N-ethyl adjacent to an activating group) is 1. The lowest BCUT2D eigenvalue weighted by Crippen LogP contribution is -2.25. The standard InChI is InChI=1S/C12H21BrN4O/c1-5-14-12-15-8-10(13)11(16-12)17(4)6-7-18-9(2)3/h8-9H,5-7H2,1-4H3,(H,14,15,16). The Morgan fingerprint density at radius 1 is 1.50 bits per heavy atom. The van der Waals surface area contributed by atoms with Gasteiger partial charge in [0.15, 0.2) is 0 Å². The van der Waals surface area contributed by atoms with Crippen molar-refractivity contribution in [2.75, 3.05) is 37.0 Å². The molecule has 0 bridgehead atoms. The van der Waals surface area contributed by atoms with Gasteiger partial charge in [-0.1, -0.05) is 0 Å². The van der Waals surface area contributed by atoms with Crippen LogP contribution < -0.4 is 10.2 Å². The monoisotopic (exact) mass is 316 g/mol. The molecule has 0 atom stereocenters. The quantitative estimate of drug-likeness (QED) is 0.837. The molecular weight excluding hydrogens is 296 g/mol. The van der Waals surface area contributed by atoms with Crippen LogP contribution in [0.1, 0.15) is 20.8 Å². The zero-order valence-corrected chi connectivity index (χ0v) is 13.0. The molecule has 1 aromatic heterocycles. The summed E-state index contributed by atoms with van der Waals surface area (Å²) in [5.74, 6) is 1.51. The molecule has 1 heterocycles. The predicted molar refractivity (Wildman–Crippen MR) is 78.3 cm³/mol. The molecule has 0 aromatic carbocycles. The van der Waals surface area contributed by atoms with Gasteiger partial charge in [0.05, 0.1) is 17.2 Å². The Kier molecular flexibility index (Phi) is 6.35. The van der Waals surface area contributed by atoms with E-state index in [2.05, 4.69) is 36.1 Å². The molecule has 18 heavy (non-hydrogen) atoms. The summed E-state index contributed by atoms with van der Waals surface area (Å²) in [5.41, 5.74) is 0. The minimum Gasteiger partial charge on any atom is -0.377 e. The first-order valence-electron chi connectivity index (χ1n) is 6.13. The molecule has 0 saturated heterocycles. The summed E-state index contributed by atoms with van der Waals surface area (Å²) in [5, 5.41) is 3.10. The number of rotatable bonds is 7. The van der Waals surface area contributed by atoms with Crippen LogP contribution in [0.5, 0.6) is 0 Å². The van der Waals surface area contributed by atoms with Crippen LogP contribution in [0.3, 0.4) is 0 Å². The second-order valence-corrected chi connectivity index (χ2v) is 5.09. The summed E-state index contributed by atoms with van der Waals surface area (Å²) in [6.45, 7) is 8.36. The molecule has 0 amide bonds. The van der Waals surface area contributed by atoms with Crippen LogP contribution in [0.4, 0.5) is 11.8 Å². The van der Waals surface area contributed by atoms with E-state index in [0.717, 1.165) is 23.4 Å². The number of aromatic nitrogens is 2. The van der Waals surface area contributed by atoms with Crippen LogP contribution in [-0.4, -0.2) is 42.8 Å². The first-order valence-corrected chi connectivity index (χ1v) is 6.93. The molecule has 6 heteroatoms. The first kappa shape index (κ1) is 15.2. The fourth-order valence-electron chi connectivity index (χ4n) is 1.40. The molecule has 102 valence electrons. The third kappa shape index (κ3) is 4.78. The second-order valence-electron chi connectivity index (χ2n) is 4.24. The van der Waals surface area contributed by atoms with Crippen molar-refractivity contribution < 1.29 is 4.74 Å². The van der Waals surface area contributed by atoms with Crippen LogP contribution in [-0.2, 0) is 4.74 Å². The van der Waals surface area contributed by atoms with Crippen molar-refractivity contribution >= 4 is 27.7 Å². The molecule has 0 aliphatic rings. The Hall–Kier alpha value is -0.880. The molecule has 5 nitrogen and oxygen atoms in total. The van der Waals surface area contributed by atoms with Gasteiger partial charge in [-0.05, 0) is 36.7 Å². The fourth-order valence-corrected chi connectivity index (χ4v) is 1.89. The van der Waals surface area contributed by atoms with Gasteiger partial charge in [-0.3, -0.25) is 0 Å². The maximum Gasteiger partial charge on any atom is 0.224 e. The summed E-state index contributed by atoms with van der Waals surface area (Å²) >= 11 is 3.47. The zero-order valence-electron chi connectivity index (χ0n) is 11.4. The number of hydrogen-bond acceptors (Lipinski definition) is 5. The molecule has 0 radical (unpaired) electrons. The zero-order chi connectivity index (χ0) is 13.5. The van der Waals surface area contributed by atoms with E-state index in [-0.39, 0.29) is 6.10 Å². The van der Waals surface area contributed by atoms with Gasteiger partial charge in [0.2, 0.25) is 5.95 Å². The highest BCUT2D eigenvalue weighted by Crippen LogP contribution is 2.23. The van der Waals surface area contributed by atoms with Gasteiger partial charge in [-0.15, -0.1) is 0 Å². The van der Waals surface area contributed by atoms with Gasteiger partial charge in [-0.2, -0.15) is 4.98 Å². The third-order valence-corrected chi connectivity index (χ3v) is 2.86. The summed E-state index contributed by atoms with van der Waals surface area (Å²) in [6.07, 6.45) is 2.02. The lowest BCUT2D eigenvalue weighted by Gasteiger charge is -2.20. The van der Waals surface area contributed by atoms with Crippen LogP contribution in [0.15, 0.2) is 10.7 Å². The van der Waals surface area contributed by atoms with Crippen molar-refractivity contribution in [2.45, 2.75) is 26.9 Å². The van der Waals surface area contributed by atoms with E-state index < -0.39 is 0 Å². The second kappa shape index (κ2) is 7.53. The number of nitrogens with one attached hydrogen (secondary N) is 1. The van der Waals surface area contributed by atoms with E-state index >= 15 is 0 Å². The van der Waals surface area contributed by atoms with Crippen molar-refractivity contribution in [1.82, 2.24) is 9.97 Å². The van der Waals surface area contributed by atoms with E-state index in [0.29, 0.717) is 12.6 Å². The van der Waals surface area contributed by atoms with Crippen LogP contribution in [0.2, 0.25) is 0 Å². The minimum atomic E-state index is 0.254. The van der Waals surface area contributed by atoms with Gasteiger partial charge in [-0.25, -0.2) is 4.98 Å². The normalized spacial score (nSPS) is 10.8. The van der Waals surface area contributed by atoms with Crippen molar-refractivity contribution in [3.63, 3.8) is 0 Å². The summed E-state index contributed by atoms with van der Waals surface area (Å²) in [6, 6.07) is 0. The smallest absolute Gasteiger partial charge is 0.224 e. The Labute approximate surface area is 117 Å². The largest absolute Gasteiger partial charge is 0.377 e. The number of hydrogen-bond donors (Lipinski definition) is 1. The summed E-state index contributed by atoms with van der Waals surface area (Å²) in [4.78, 5) is 10.7. The SMILES string of the molecule is CCNc1ncc(Br)c(N(C)CCOC(C)C)n1. The maximum absolute atomic E-state index is 5.54. The van der Waals surface area contributed by atoms with Crippen molar-refractivity contribution in [1.29, 1.82) is 0 Å². The molecule has 0 unspecified atom stereocenters. The Balaban J connectivity index is 2.65. The van der Waals surface area contributed by atoms with Crippen molar-refractivity contribution in [3.05, 3.63) is 10.7 Å². The topological polar surface area (TPSA) is 50.3 Å². The average Bonchev–Trinajstić information content (AvgIpc) is 2.31. The van der Waals surface area contributed by atoms with Gasteiger partial charge in [0.25, 0.3) is 0 Å². The molecule has 0 aliphatic carbocycles. The molecule has 0 aliphatic heterocycles. The average molecular weight is 317 g/mol. The molecular formula is C12H21BrN4O. The van der Waals surface area contributed by atoms with Crippen molar-refractivity contribution in [2.24, 2.45) is 0 Å². The maximum atomic E-state index is 5.54. The van der Waals surface area contributed by atoms with Gasteiger partial charge in [0, 0.05) is 26.3 Å². The molecule has 1 N–H and O–H groups in total. The number of anilines is 2. The minimum absolute atomic E-state index is 0.254. The Bertz CT molecular complexity index is 373. The van der Waals surface area contributed by atoms with E-state index in [9.17, 15) is 0 Å². The number of ether oxygens (including phenoxy) is 1. The summed E-state index contributed by atoms with van der Waals surface area (Å²) < 4.78 is 6.42. The van der Waals surface area contributed by atoms with E-state index in [1.807, 2.05) is 27.8 Å². The van der Waals surface area contributed by atoms with E-state index in [1.54, 1.807) is 6.20 Å². The third-order valence-electron chi connectivity index (χ3n) is 2.30. The van der Waals surface area contributed by atoms with Crippen LogP contribution in [0, 0.1) is 0 Å².